The summed E-state index contributed by atoms with van der Waals surface area (Å²) in [6.07, 6.45) is 1.59. The van der Waals surface area contributed by atoms with Crippen molar-refractivity contribution in [3.05, 3.63) is 46.7 Å². The molecule has 4 nitrogen and oxygen atoms in total. The van der Waals surface area contributed by atoms with Crippen LogP contribution in [0.4, 0.5) is 11.6 Å². The molecule has 19 heavy (non-hydrogen) atoms. The zero-order valence-corrected chi connectivity index (χ0v) is 12.7. The molecule has 5 heteroatoms. The number of hydrogen-bond acceptors (Lipinski definition) is 4. The molecule has 1 heterocycles. The molecule has 1 aromatic carbocycles. The van der Waals surface area contributed by atoms with Gasteiger partial charge in [-0.25, -0.2) is 9.97 Å². The third-order valence-corrected chi connectivity index (χ3v) is 3.54. The Labute approximate surface area is 122 Å². The van der Waals surface area contributed by atoms with Crippen molar-refractivity contribution >= 4 is 27.6 Å². The normalized spacial score (nSPS) is 10.3. The van der Waals surface area contributed by atoms with Gasteiger partial charge in [0.1, 0.15) is 18.0 Å². The Hall–Kier alpha value is -1.62. The fourth-order valence-electron chi connectivity index (χ4n) is 1.80. The number of rotatable bonds is 5. The minimum absolute atomic E-state index is 0.796. The van der Waals surface area contributed by atoms with Crippen LogP contribution in [-0.4, -0.2) is 23.6 Å². The number of anilines is 2. The average Bonchev–Trinajstić information content (AvgIpc) is 2.42. The van der Waals surface area contributed by atoms with Crippen LogP contribution in [-0.2, 0) is 6.54 Å². The molecule has 0 fully saturated rings. The Kier molecular flexibility index (Phi) is 4.74. The SMILES string of the molecule is CCNc1cc(N(C)Cc2ccccc2Br)ncn1. The third kappa shape index (κ3) is 3.67. The molecule has 0 aliphatic carbocycles. The van der Waals surface area contributed by atoms with Crippen molar-refractivity contribution in [2.75, 3.05) is 23.8 Å². The first kappa shape index (κ1) is 13.8. The number of nitrogens with zero attached hydrogens (tertiary/aromatic N) is 3. The molecular weight excluding hydrogens is 304 g/mol. The minimum Gasteiger partial charge on any atom is -0.370 e. The van der Waals surface area contributed by atoms with Crippen LogP contribution in [0.15, 0.2) is 41.1 Å². The van der Waals surface area contributed by atoms with E-state index in [1.54, 1.807) is 6.33 Å². The van der Waals surface area contributed by atoms with E-state index in [1.807, 2.05) is 38.2 Å². The van der Waals surface area contributed by atoms with E-state index in [9.17, 15) is 0 Å². The van der Waals surface area contributed by atoms with Gasteiger partial charge in [-0.3, -0.25) is 0 Å². The van der Waals surface area contributed by atoms with Crippen LogP contribution in [0.2, 0.25) is 0 Å². The van der Waals surface area contributed by atoms with Crippen LogP contribution in [0.1, 0.15) is 12.5 Å². The van der Waals surface area contributed by atoms with Crippen LogP contribution in [0.25, 0.3) is 0 Å². The quantitative estimate of drug-likeness (QED) is 0.917. The summed E-state index contributed by atoms with van der Waals surface area (Å²) in [7, 11) is 2.03. The van der Waals surface area contributed by atoms with Gasteiger partial charge in [-0.2, -0.15) is 0 Å². The van der Waals surface area contributed by atoms with Crippen molar-refractivity contribution in [3.8, 4) is 0 Å². The van der Waals surface area contributed by atoms with Crippen LogP contribution < -0.4 is 10.2 Å². The van der Waals surface area contributed by atoms with E-state index < -0.39 is 0 Å². The molecule has 0 aliphatic heterocycles. The van der Waals surface area contributed by atoms with Gasteiger partial charge < -0.3 is 10.2 Å². The number of hydrogen-bond donors (Lipinski definition) is 1. The first-order chi connectivity index (χ1) is 9.20. The van der Waals surface area contributed by atoms with E-state index in [-0.39, 0.29) is 0 Å². The van der Waals surface area contributed by atoms with Gasteiger partial charge in [0.2, 0.25) is 0 Å². The summed E-state index contributed by atoms with van der Waals surface area (Å²) < 4.78 is 1.11. The van der Waals surface area contributed by atoms with E-state index >= 15 is 0 Å². The molecule has 0 unspecified atom stereocenters. The molecule has 0 aliphatic rings. The summed E-state index contributed by atoms with van der Waals surface area (Å²) in [5.74, 6) is 1.76. The zero-order chi connectivity index (χ0) is 13.7. The van der Waals surface area contributed by atoms with Gasteiger partial charge in [0.25, 0.3) is 0 Å². The van der Waals surface area contributed by atoms with E-state index in [4.69, 9.17) is 0 Å². The second-order valence-electron chi connectivity index (χ2n) is 4.24. The largest absolute Gasteiger partial charge is 0.370 e. The maximum absolute atomic E-state index is 4.31. The number of halogens is 1. The Morgan fingerprint density at radius 3 is 2.79 bits per heavy atom. The summed E-state index contributed by atoms with van der Waals surface area (Å²) in [6, 6.07) is 10.2. The molecule has 0 spiro atoms. The second kappa shape index (κ2) is 6.52. The van der Waals surface area contributed by atoms with Crippen molar-refractivity contribution in [2.24, 2.45) is 0 Å². The van der Waals surface area contributed by atoms with Gasteiger partial charge in [0.05, 0.1) is 0 Å². The third-order valence-electron chi connectivity index (χ3n) is 2.77. The van der Waals surface area contributed by atoms with Crippen molar-refractivity contribution in [1.82, 2.24) is 9.97 Å². The second-order valence-corrected chi connectivity index (χ2v) is 5.09. The highest BCUT2D eigenvalue weighted by atomic mass is 79.9. The van der Waals surface area contributed by atoms with Gasteiger partial charge in [0.15, 0.2) is 0 Å². The Morgan fingerprint density at radius 2 is 2.05 bits per heavy atom. The van der Waals surface area contributed by atoms with Gasteiger partial charge >= 0.3 is 0 Å². The first-order valence-electron chi connectivity index (χ1n) is 6.21. The fourth-order valence-corrected chi connectivity index (χ4v) is 2.21. The molecule has 0 bridgehead atoms. The standard InChI is InChI=1S/C14H17BrN4/c1-3-16-13-8-14(18-10-17-13)19(2)9-11-6-4-5-7-12(11)15/h4-8,10H,3,9H2,1-2H3,(H,16,17,18). The van der Waals surface area contributed by atoms with Crippen molar-refractivity contribution in [3.63, 3.8) is 0 Å². The molecule has 1 N–H and O–H groups in total. The molecule has 100 valence electrons. The lowest BCUT2D eigenvalue weighted by molar-refractivity contribution is 0.887. The average molecular weight is 321 g/mol. The highest BCUT2D eigenvalue weighted by Crippen LogP contribution is 2.20. The number of benzene rings is 1. The Morgan fingerprint density at radius 1 is 1.26 bits per heavy atom. The van der Waals surface area contributed by atoms with E-state index in [0.717, 1.165) is 29.2 Å². The lowest BCUT2D eigenvalue weighted by Crippen LogP contribution is -2.18. The molecule has 0 atom stereocenters. The van der Waals surface area contributed by atoms with Crippen LogP contribution in [0, 0.1) is 0 Å². The predicted molar refractivity (Wildman–Crippen MR) is 82.4 cm³/mol. The lowest BCUT2D eigenvalue weighted by Gasteiger charge is -2.19. The van der Waals surface area contributed by atoms with Crippen LogP contribution >= 0.6 is 15.9 Å². The highest BCUT2D eigenvalue weighted by molar-refractivity contribution is 9.10. The lowest BCUT2D eigenvalue weighted by atomic mass is 10.2. The first-order valence-corrected chi connectivity index (χ1v) is 7.00. The van der Waals surface area contributed by atoms with E-state index in [1.165, 1.54) is 5.56 Å². The maximum atomic E-state index is 4.31. The molecule has 0 saturated heterocycles. The molecule has 1 aromatic heterocycles. The molecule has 2 aromatic rings. The van der Waals surface area contributed by atoms with E-state index in [2.05, 4.69) is 42.2 Å². The van der Waals surface area contributed by atoms with Crippen molar-refractivity contribution < 1.29 is 0 Å². The minimum atomic E-state index is 0.796. The number of aromatic nitrogens is 2. The summed E-state index contributed by atoms with van der Waals surface area (Å²) in [5, 5.41) is 3.19. The molecule has 0 saturated carbocycles. The van der Waals surface area contributed by atoms with Crippen molar-refractivity contribution in [1.29, 1.82) is 0 Å². The molecule has 2 rings (SSSR count). The van der Waals surface area contributed by atoms with Crippen molar-refractivity contribution in [2.45, 2.75) is 13.5 Å². The highest BCUT2D eigenvalue weighted by Gasteiger charge is 2.07. The molecular formula is C14H17BrN4. The van der Waals surface area contributed by atoms with Crippen LogP contribution in [0.5, 0.6) is 0 Å². The van der Waals surface area contributed by atoms with Gasteiger partial charge in [-0.05, 0) is 18.6 Å². The van der Waals surface area contributed by atoms with Crippen LogP contribution in [0.3, 0.4) is 0 Å². The predicted octanol–water partition coefficient (Wildman–Crippen LogP) is 3.31. The summed E-state index contributed by atoms with van der Waals surface area (Å²) >= 11 is 3.56. The van der Waals surface area contributed by atoms with Gasteiger partial charge in [-0.1, -0.05) is 34.1 Å². The fraction of sp³-hybridized carbons (Fsp3) is 0.286. The summed E-state index contributed by atoms with van der Waals surface area (Å²) in [5.41, 5.74) is 1.23. The summed E-state index contributed by atoms with van der Waals surface area (Å²) in [6.45, 7) is 3.70. The Bertz CT molecular complexity index is 544. The molecule has 0 amide bonds. The Balaban J connectivity index is 2.13. The summed E-state index contributed by atoms with van der Waals surface area (Å²) in [4.78, 5) is 10.6. The monoisotopic (exact) mass is 320 g/mol. The smallest absolute Gasteiger partial charge is 0.134 e. The van der Waals surface area contributed by atoms with Gasteiger partial charge in [0, 0.05) is 30.7 Å². The number of nitrogens with one attached hydrogen (secondary N) is 1. The van der Waals surface area contributed by atoms with E-state index in [0.29, 0.717) is 0 Å². The maximum Gasteiger partial charge on any atom is 0.134 e. The van der Waals surface area contributed by atoms with Gasteiger partial charge in [-0.15, -0.1) is 0 Å². The topological polar surface area (TPSA) is 41.0 Å². The molecule has 0 radical (unpaired) electrons. The zero-order valence-electron chi connectivity index (χ0n) is 11.1.